The van der Waals surface area contributed by atoms with Crippen LogP contribution in [0.25, 0.3) is 10.9 Å². The highest BCUT2D eigenvalue weighted by molar-refractivity contribution is 6.00. The number of nitrogens with one attached hydrogen (secondary N) is 1. The molecule has 4 rings (SSSR count). The lowest BCUT2D eigenvalue weighted by molar-refractivity contribution is 0.0183. The molecule has 1 aromatic heterocycles. The summed E-state index contributed by atoms with van der Waals surface area (Å²) in [6.45, 7) is 9.19. The largest absolute Gasteiger partial charge is 0.496 e. The normalized spacial score (nSPS) is 24.4. The van der Waals surface area contributed by atoms with Crippen LogP contribution in [-0.2, 0) is 4.74 Å². The smallest absolute Gasteiger partial charge is 0.270 e. The molecule has 0 bridgehead atoms. The van der Waals surface area contributed by atoms with Crippen LogP contribution in [0.5, 0.6) is 5.75 Å². The van der Waals surface area contributed by atoms with E-state index < -0.39 is 0 Å². The fraction of sp³-hybridized carbons (Fsp3) is 0.609. The Labute approximate surface area is 167 Å². The Morgan fingerprint density at radius 1 is 1.32 bits per heavy atom. The number of benzene rings is 1. The van der Waals surface area contributed by atoms with Crippen molar-refractivity contribution >= 4 is 16.8 Å². The van der Waals surface area contributed by atoms with E-state index in [1.54, 1.807) is 7.11 Å². The van der Waals surface area contributed by atoms with Crippen molar-refractivity contribution in [2.45, 2.75) is 52.0 Å². The zero-order chi connectivity index (χ0) is 19.9. The fourth-order valence-corrected chi connectivity index (χ4v) is 5.51. The van der Waals surface area contributed by atoms with Gasteiger partial charge in [-0.2, -0.15) is 0 Å². The van der Waals surface area contributed by atoms with Crippen LogP contribution in [0.15, 0.2) is 24.3 Å². The first-order chi connectivity index (χ1) is 13.4. The number of H-pyrrole nitrogens is 1. The predicted molar refractivity (Wildman–Crippen MR) is 111 cm³/mol. The summed E-state index contributed by atoms with van der Waals surface area (Å²) in [5.41, 5.74) is 1.68. The number of hydrogen-bond acceptors (Lipinski definition) is 3. The number of rotatable bonds is 4. The lowest BCUT2D eigenvalue weighted by atomic mass is 9.71. The van der Waals surface area contributed by atoms with Gasteiger partial charge in [0.15, 0.2) is 0 Å². The molecule has 2 saturated heterocycles. The minimum absolute atomic E-state index is 0.101. The van der Waals surface area contributed by atoms with Gasteiger partial charge in [-0.25, -0.2) is 0 Å². The number of aromatic amines is 1. The number of amides is 1. The van der Waals surface area contributed by atoms with Gasteiger partial charge < -0.3 is 19.4 Å². The minimum atomic E-state index is -0.101. The molecule has 2 aromatic rings. The maximum atomic E-state index is 13.7. The van der Waals surface area contributed by atoms with Crippen molar-refractivity contribution in [3.8, 4) is 5.75 Å². The molecular weight excluding hydrogens is 352 g/mol. The number of likely N-dealkylation sites (tertiary alicyclic amines) is 1. The van der Waals surface area contributed by atoms with Crippen LogP contribution in [0, 0.1) is 11.3 Å². The highest BCUT2D eigenvalue weighted by Crippen LogP contribution is 2.52. The first kappa shape index (κ1) is 19.3. The topological polar surface area (TPSA) is 54.6 Å². The van der Waals surface area contributed by atoms with Gasteiger partial charge in [0.1, 0.15) is 11.4 Å². The fourth-order valence-electron chi connectivity index (χ4n) is 5.51. The molecule has 1 amide bonds. The van der Waals surface area contributed by atoms with Crippen LogP contribution in [0.3, 0.4) is 0 Å². The SMILES string of the molecule is CCC1(C(C)C)CC2(CCOCC2)CN1C(=O)c1cc2c(OC)cccc2[nH]1. The molecule has 1 aromatic carbocycles. The van der Waals surface area contributed by atoms with Crippen LogP contribution in [-0.4, -0.2) is 48.2 Å². The van der Waals surface area contributed by atoms with Gasteiger partial charge in [-0.3, -0.25) is 4.79 Å². The number of carbonyl (C=O) groups is 1. The Morgan fingerprint density at radius 3 is 2.71 bits per heavy atom. The van der Waals surface area contributed by atoms with E-state index in [1.165, 1.54) is 0 Å². The first-order valence-electron chi connectivity index (χ1n) is 10.5. The molecule has 1 atom stereocenters. The maximum Gasteiger partial charge on any atom is 0.270 e. The number of hydrogen-bond donors (Lipinski definition) is 1. The summed E-state index contributed by atoms with van der Waals surface area (Å²) >= 11 is 0. The number of methoxy groups -OCH3 is 1. The third-order valence-electron chi connectivity index (χ3n) is 7.27. The van der Waals surface area contributed by atoms with Crippen molar-refractivity contribution in [1.29, 1.82) is 0 Å². The summed E-state index contributed by atoms with van der Waals surface area (Å²) in [4.78, 5) is 19.3. The van der Waals surface area contributed by atoms with Gasteiger partial charge in [0.25, 0.3) is 5.91 Å². The lowest BCUT2D eigenvalue weighted by Crippen LogP contribution is -2.50. The molecule has 1 spiro atoms. The van der Waals surface area contributed by atoms with Crippen LogP contribution >= 0.6 is 0 Å². The van der Waals surface area contributed by atoms with E-state index in [0.717, 1.165) is 62.1 Å². The predicted octanol–water partition coefficient (Wildman–Crippen LogP) is 4.62. The molecule has 1 unspecified atom stereocenters. The molecule has 28 heavy (non-hydrogen) atoms. The highest BCUT2D eigenvalue weighted by atomic mass is 16.5. The lowest BCUT2D eigenvalue weighted by Gasteiger charge is -2.41. The Hall–Kier alpha value is -2.01. The molecule has 152 valence electrons. The number of ether oxygens (including phenoxy) is 2. The van der Waals surface area contributed by atoms with E-state index in [-0.39, 0.29) is 16.9 Å². The van der Waals surface area contributed by atoms with Crippen molar-refractivity contribution in [3.05, 3.63) is 30.0 Å². The highest BCUT2D eigenvalue weighted by Gasteiger charge is 2.55. The van der Waals surface area contributed by atoms with Crippen LogP contribution < -0.4 is 4.74 Å². The van der Waals surface area contributed by atoms with Crippen molar-refractivity contribution < 1.29 is 14.3 Å². The summed E-state index contributed by atoms with van der Waals surface area (Å²) in [7, 11) is 1.67. The van der Waals surface area contributed by atoms with Crippen molar-refractivity contribution in [1.82, 2.24) is 9.88 Å². The summed E-state index contributed by atoms with van der Waals surface area (Å²) in [5.74, 6) is 1.31. The van der Waals surface area contributed by atoms with Crippen LogP contribution in [0.4, 0.5) is 0 Å². The summed E-state index contributed by atoms with van der Waals surface area (Å²) in [6.07, 6.45) is 4.15. The molecule has 3 heterocycles. The van der Waals surface area contributed by atoms with E-state index in [0.29, 0.717) is 11.6 Å². The molecule has 5 nitrogen and oxygen atoms in total. The third kappa shape index (κ3) is 2.91. The van der Waals surface area contributed by atoms with Gasteiger partial charge in [-0.15, -0.1) is 0 Å². The standard InChI is InChI=1S/C23H32N2O3/c1-5-23(16(2)3)14-22(9-11-28-12-10-22)15-25(23)21(26)19-13-17-18(24-19)7-6-8-20(17)27-4/h6-8,13,16,24H,5,9-12,14-15H2,1-4H3. The van der Waals surface area contributed by atoms with Crippen molar-refractivity contribution in [2.24, 2.45) is 11.3 Å². The molecule has 0 saturated carbocycles. The molecule has 1 N–H and O–H groups in total. The quantitative estimate of drug-likeness (QED) is 0.836. The van der Waals surface area contributed by atoms with E-state index >= 15 is 0 Å². The van der Waals surface area contributed by atoms with Crippen molar-refractivity contribution in [2.75, 3.05) is 26.9 Å². The summed E-state index contributed by atoms with van der Waals surface area (Å²) in [5, 5.41) is 0.958. The molecule has 0 aliphatic carbocycles. The van der Waals surface area contributed by atoms with Gasteiger partial charge >= 0.3 is 0 Å². The second-order valence-electron chi connectivity index (χ2n) is 8.90. The third-order valence-corrected chi connectivity index (χ3v) is 7.27. The molecule has 0 radical (unpaired) electrons. The maximum absolute atomic E-state index is 13.7. The Morgan fingerprint density at radius 2 is 2.07 bits per heavy atom. The monoisotopic (exact) mass is 384 g/mol. The van der Waals surface area contributed by atoms with E-state index in [9.17, 15) is 4.79 Å². The average molecular weight is 385 g/mol. The zero-order valence-corrected chi connectivity index (χ0v) is 17.5. The molecule has 2 aliphatic heterocycles. The minimum Gasteiger partial charge on any atom is -0.496 e. The van der Waals surface area contributed by atoms with E-state index in [2.05, 4.69) is 30.7 Å². The van der Waals surface area contributed by atoms with Gasteiger partial charge in [-0.1, -0.05) is 26.8 Å². The zero-order valence-electron chi connectivity index (χ0n) is 17.5. The first-order valence-corrected chi connectivity index (χ1v) is 10.5. The number of aromatic nitrogens is 1. The van der Waals surface area contributed by atoms with Gasteiger partial charge in [0.05, 0.1) is 7.11 Å². The Bertz CT molecular complexity index is 866. The molecular formula is C23H32N2O3. The van der Waals surface area contributed by atoms with Crippen LogP contribution in [0.2, 0.25) is 0 Å². The Kier molecular flexibility index (Phi) is 4.90. The second kappa shape index (κ2) is 7.11. The molecule has 2 fully saturated rings. The number of nitrogens with zero attached hydrogens (tertiary/aromatic N) is 1. The van der Waals surface area contributed by atoms with Gasteiger partial charge in [-0.05, 0) is 55.2 Å². The molecule has 2 aliphatic rings. The van der Waals surface area contributed by atoms with Gasteiger partial charge in [0, 0.05) is 36.2 Å². The second-order valence-corrected chi connectivity index (χ2v) is 8.90. The summed E-state index contributed by atoms with van der Waals surface area (Å²) in [6, 6.07) is 7.82. The van der Waals surface area contributed by atoms with Crippen LogP contribution in [0.1, 0.15) is 56.9 Å². The summed E-state index contributed by atoms with van der Waals surface area (Å²) < 4.78 is 11.1. The van der Waals surface area contributed by atoms with E-state index in [4.69, 9.17) is 9.47 Å². The number of carbonyl (C=O) groups excluding carboxylic acids is 1. The molecule has 5 heteroatoms. The van der Waals surface area contributed by atoms with Crippen molar-refractivity contribution in [3.63, 3.8) is 0 Å². The van der Waals surface area contributed by atoms with E-state index in [1.807, 2.05) is 24.3 Å². The average Bonchev–Trinajstić information content (AvgIpc) is 3.28. The van der Waals surface area contributed by atoms with Gasteiger partial charge in [0.2, 0.25) is 0 Å². The number of fused-ring (bicyclic) bond motifs is 1. The Balaban J connectivity index is 1.73.